The van der Waals surface area contributed by atoms with Crippen molar-refractivity contribution in [1.82, 2.24) is 4.98 Å². The van der Waals surface area contributed by atoms with Gasteiger partial charge in [-0.15, -0.1) is 0 Å². The van der Waals surface area contributed by atoms with Gasteiger partial charge in [0.2, 0.25) is 5.89 Å². The summed E-state index contributed by atoms with van der Waals surface area (Å²) in [4.78, 5) is 17.0. The van der Waals surface area contributed by atoms with E-state index in [2.05, 4.69) is 10.3 Å². The Labute approximate surface area is 173 Å². The highest BCUT2D eigenvalue weighted by Gasteiger charge is 2.17. The van der Waals surface area contributed by atoms with Crippen LogP contribution in [0.2, 0.25) is 5.02 Å². The fourth-order valence-corrected chi connectivity index (χ4v) is 3.17. The molecule has 0 aliphatic carbocycles. The van der Waals surface area contributed by atoms with Crippen molar-refractivity contribution < 1.29 is 13.9 Å². The number of hydrogen-bond donors (Lipinski definition) is 1. The van der Waals surface area contributed by atoms with Gasteiger partial charge in [-0.05, 0) is 61.9 Å². The number of aromatic nitrogens is 1. The summed E-state index contributed by atoms with van der Waals surface area (Å²) in [6, 6.07) is 20.3. The predicted molar refractivity (Wildman–Crippen MR) is 114 cm³/mol. The van der Waals surface area contributed by atoms with Gasteiger partial charge in [0.15, 0.2) is 11.7 Å². The second-order valence-corrected chi connectivity index (χ2v) is 7.16. The number of nitrogens with zero attached hydrogens (tertiary/aromatic N) is 1. The lowest BCUT2D eigenvalue weighted by atomic mass is 10.2. The SMILES string of the molecule is Cc1cc(Cl)ccc1OC(C)C(=O)Nc1ccc2nc(-c3ccccc3)oc2c1. The maximum atomic E-state index is 12.5. The third-order valence-electron chi connectivity index (χ3n) is 4.49. The fourth-order valence-electron chi connectivity index (χ4n) is 2.94. The van der Waals surface area contributed by atoms with E-state index in [4.69, 9.17) is 20.8 Å². The number of rotatable bonds is 5. The number of carbonyl (C=O) groups is 1. The van der Waals surface area contributed by atoms with Gasteiger partial charge in [-0.1, -0.05) is 29.8 Å². The van der Waals surface area contributed by atoms with Crippen molar-refractivity contribution in [2.45, 2.75) is 20.0 Å². The molecule has 3 aromatic carbocycles. The molecule has 4 rings (SSSR count). The molecule has 1 heterocycles. The minimum atomic E-state index is -0.680. The van der Waals surface area contributed by atoms with Crippen LogP contribution in [0.15, 0.2) is 71.1 Å². The summed E-state index contributed by atoms with van der Waals surface area (Å²) >= 11 is 5.96. The second kappa shape index (κ2) is 7.97. The highest BCUT2D eigenvalue weighted by Crippen LogP contribution is 2.27. The largest absolute Gasteiger partial charge is 0.481 e. The molecule has 146 valence electrons. The Morgan fingerprint density at radius 1 is 1.10 bits per heavy atom. The van der Waals surface area contributed by atoms with Crippen LogP contribution >= 0.6 is 11.6 Å². The Hall–Kier alpha value is -3.31. The van der Waals surface area contributed by atoms with Crippen molar-refractivity contribution in [3.05, 3.63) is 77.3 Å². The first-order chi connectivity index (χ1) is 14.0. The van der Waals surface area contributed by atoms with Crippen LogP contribution in [-0.4, -0.2) is 17.0 Å². The van der Waals surface area contributed by atoms with Crippen LogP contribution in [0.25, 0.3) is 22.6 Å². The van der Waals surface area contributed by atoms with Gasteiger partial charge in [0.1, 0.15) is 11.3 Å². The van der Waals surface area contributed by atoms with Crippen molar-refractivity contribution in [3.63, 3.8) is 0 Å². The van der Waals surface area contributed by atoms with E-state index in [1.807, 2.05) is 43.3 Å². The van der Waals surface area contributed by atoms with E-state index in [1.165, 1.54) is 0 Å². The molecule has 0 saturated heterocycles. The van der Waals surface area contributed by atoms with E-state index >= 15 is 0 Å². The molecular weight excluding hydrogens is 388 g/mol. The lowest BCUT2D eigenvalue weighted by Gasteiger charge is -2.16. The maximum absolute atomic E-state index is 12.5. The molecule has 0 saturated carbocycles. The van der Waals surface area contributed by atoms with Crippen LogP contribution in [-0.2, 0) is 4.79 Å². The molecule has 1 aromatic heterocycles. The molecule has 0 fully saturated rings. The summed E-state index contributed by atoms with van der Waals surface area (Å²) in [6.45, 7) is 3.58. The second-order valence-electron chi connectivity index (χ2n) is 6.73. The number of aryl methyl sites for hydroxylation is 1. The summed E-state index contributed by atoms with van der Waals surface area (Å²) in [7, 11) is 0. The van der Waals surface area contributed by atoms with Crippen molar-refractivity contribution in [1.29, 1.82) is 0 Å². The number of halogens is 1. The molecule has 0 aliphatic heterocycles. The minimum absolute atomic E-state index is 0.263. The molecule has 6 heteroatoms. The van der Waals surface area contributed by atoms with E-state index in [0.717, 1.165) is 16.6 Å². The van der Waals surface area contributed by atoms with Gasteiger partial charge >= 0.3 is 0 Å². The molecule has 5 nitrogen and oxygen atoms in total. The number of ether oxygens (including phenoxy) is 1. The van der Waals surface area contributed by atoms with Crippen LogP contribution in [0, 0.1) is 6.92 Å². The Morgan fingerprint density at radius 3 is 2.66 bits per heavy atom. The molecule has 0 aliphatic rings. The van der Waals surface area contributed by atoms with E-state index in [0.29, 0.717) is 27.9 Å². The molecule has 29 heavy (non-hydrogen) atoms. The maximum Gasteiger partial charge on any atom is 0.265 e. The molecule has 0 spiro atoms. The molecular formula is C23H19ClN2O3. The molecule has 1 amide bonds. The molecule has 4 aromatic rings. The zero-order valence-electron chi connectivity index (χ0n) is 16.0. The number of benzene rings is 3. The van der Waals surface area contributed by atoms with Crippen LogP contribution < -0.4 is 10.1 Å². The Balaban J connectivity index is 1.48. The average Bonchev–Trinajstić information content (AvgIpc) is 3.14. The molecule has 1 N–H and O–H groups in total. The van der Waals surface area contributed by atoms with Crippen LogP contribution in [0.5, 0.6) is 5.75 Å². The zero-order chi connectivity index (χ0) is 20.4. The van der Waals surface area contributed by atoms with Gasteiger partial charge in [-0.2, -0.15) is 0 Å². The van der Waals surface area contributed by atoms with Gasteiger partial charge in [0.25, 0.3) is 5.91 Å². The number of amides is 1. The lowest BCUT2D eigenvalue weighted by molar-refractivity contribution is -0.122. The zero-order valence-corrected chi connectivity index (χ0v) is 16.7. The Bertz CT molecular complexity index is 1170. The summed E-state index contributed by atoms with van der Waals surface area (Å²) in [6.07, 6.45) is -0.680. The van der Waals surface area contributed by atoms with Gasteiger partial charge in [0, 0.05) is 22.3 Å². The van der Waals surface area contributed by atoms with Crippen LogP contribution in [0.4, 0.5) is 5.69 Å². The molecule has 0 radical (unpaired) electrons. The summed E-state index contributed by atoms with van der Waals surface area (Å²) in [5.74, 6) is 0.899. The van der Waals surface area contributed by atoms with Gasteiger partial charge in [-0.3, -0.25) is 4.79 Å². The van der Waals surface area contributed by atoms with E-state index < -0.39 is 6.10 Å². The monoisotopic (exact) mass is 406 g/mol. The molecule has 1 atom stereocenters. The van der Waals surface area contributed by atoms with E-state index in [1.54, 1.807) is 37.3 Å². The predicted octanol–water partition coefficient (Wildman–Crippen LogP) is 5.86. The lowest BCUT2D eigenvalue weighted by Crippen LogP contribution is -2.30. The summed E-state index contributed by atoms with van der Waals surface area (Å²) < 4.78 is 11.6. The van der Waals surface area contributed by atoms with E-state index in [9.17, 15) is 4.79 Å². The molecule has 0 bridgehead atoms. The van der Waals surface area contributed by atoms with E-state index in [-0.39, 0.29) is 5.91 Å². The number of nitrogens with one attached hydrogen (secondary N) is 1. The van der Waals surface area contributed by atoms with Gasteiger partial charge in [-0.25, -0.2) is 4.98 Å². The number of carbonyl (C=O) groups excluding carboxylic acids is 1. The quantitative estimate of drug-likeness (QED) is 0.450. The summed E-state index contributed by atoms with van der Waals surface area (Å²) in [5, 5.41) is 3.48. The first-order valence-corrected chi connectivity index (χ1v) is 9.57. The highest BCUT2D eigenvalue weighted by molar-refractivity contribution is 6.30. The topological polar surface area (TPSA) is 64.4 Å². The van der Waals surface area contributed by atoms with Crippen molar-refractivity contribution in [3.8, 4) is 17.2 Å². The first-order valence-electron chi connectivity index (χ1n) is 9.19. The third kappa shape index (κ3) is 4.25. The Kier molecular flexibility index (Phi) is 5.23. The number of anilines is 1. The van der Waals surface area contributed by atoms with Crippen molar-refractivity contribution in [2.75, 3.05) is 5.32 Å². The number of oxazole rings is 1. The normalized spacial score (nSPS) is 12.0. The van der Waals surface area contributed by atoms with Crippen molar-refractivity contribution in [2.24, 2.45) is 0 Å². The third-order valence-corrected chi connectivity index (χ3v) is 4.72. The first kappa shape index (κ1) is 19.0. The summed E-state index contributed by atoms with van der Waals surface area (Å²) in [5.41, 5.74) is 3.71. The average molecular weight is 407 g/mol. The minimum Gasteiger partial charge on any atom is -0.481 e. The molecule has 1 unspecified atom stereocenters. The number of fused-ring (bicyclic) bond motifs is 1. The van der Waals surface area contributed by atoms with Gasteiger partial charge < -0.3 is 14.5 Å². The fraction of sp³-hybridized carbons (Fsp3) is 0.130. The smallest absolute Gasteiger partial charge is 0.265 e. The standard InChI is InChI=1S/C23H19ClN2O3/c1-14-12-17(24)8-11-20(14)28-15(2)22(27)25-18-9-10-19-21(13-18)29-23(26-19)16-6-4-3-5-7-16/h3-13,15H,1-2H3,(H,25,27). The van der Waals surface area contributed by atoms with Gasteiger partial charge in [0.05, 0.1) is 0 Å². The van der Waals surface area contributed by atoms with Crippen LogP contribution in [0.1, 0.15) is 12.5 Å². The highest BCUT2D eigenvalue weighted by atomic mass is 35.5. The Morgan fingerprint density at radius 2 is 1.90 bits per heavy atom. The number of hydrogen-bond acceptors (Lipinski definition) is 4. The van der Waals surface area contributed by atoms with Crippen molar-refractivity contribution >= 4 is 34.3 Å². The van der Waals surface area contributed by atoms with Crippen LogP contribution in [0.3, 0.4) is 0 Å².